The van der Waals surface area contributed by atoms with Crippen LogP contribution in [0.25, 0.3) is 5.57 Å². The summed E-state index contributed by atoms with van der Waals surface area (Å²) in [6.07, 6.45) is 19.7. The molecule has 0 fully saturated rings. The number of nitrogens with zero attached hydrogens (tertiary/aromatic N) is 1. The van der Waals surface area contributed by atoms with E-state index in [4.69, 9.17) is 9.73 Å². The van der Waals surface area contributed by atoms with Crippen LogP contribution in [-0.2, 0) is 0 Å². The number of halogens is 3. The molecule has 0 saturated heterocycles. The number of carbonyl (C=O) groups is 1. The summed E-state index contributed by atoms with van der Waals surface area (Å²) in [6, 6.07) is 10.5. The van der Waals surface area contributed by atoms with Gasteiger partial charge in [-0.2, -0.15) is 0 Å². The number of anilines is 1. The van der Waals surface area contributed by atoms with Crippen LogP contribution in [0.15, 0.2) is 94.8 Å². The van der Waals surface area contributed by atoms with E-state index < -0.39 is 12.2 Å². The van der Waals surface area contributed by atoms with Crippen LogP contribution < -0.4 is 10.1 Å². The highest BCUT2D eigenvalue weighted by molar-refractivity contribution is 6.25. The molecule has 4 nitrogen and oxygen atoms in total. The zero-order valence-electron chi connectivity index (χ0n) is 27.5. The highest BCUT2D eigenvalue weighted by atomic mass is 19.3. The molecule has 5 rings (SSSR count). The van der Waals surface area contributed by atoms with Gasteiger partial charge >= 0.3 is 0 Å². The summed E-state index contributed by atoms with van der Waals surface area (Å²) in [7, 11) is 1.44. The first-order valence-corrected chi connectivity index (χ1v) is 16.9. The second-order valence-electron chi connectivity index (χ2n) is 12.7. The first-order chi connectivity index (χ1) is 22.8. The third kappa shape index (κ3) is 9.24. The Hall–Kier alpha value is -4.13. The van der Waals surface area contributed by atoms with Crippen molar-refractivity contribution in [3.63, 3.8) is 0 Å². The van der Waals surface area contributed by atoms with Crippen LogP contribution in [0.2, 0.25) is 0 Å². The molecular weight excluding hydrogens is 597 g/mol. The monoisotopic (exact) mass is 642 g/mol. The fourth-order valence-electron chi connectivity index (χ4n) is 6.65. The van der Waals surface area contributed by atoms with E-state index in [0.29, 0.717) is 17.5 Å². The number of hydrogen-bond donors (Lipinski definition) is 1. The summed E-state index contributed by atoms with van der Waals surface area (Å²) < 4.78 is 46.8. The fraction of sp³-hybridized carbons (Fsp3) is 0.400. The topological polar surface area (TPSA) is 50.7 Å². The molecule has 2 aromatic carbocycles. The van der Waals surface area contributed by atoms with Gasteiger partial charge in [0.2, 0.25) is 6.43 Å². The van der Waals surface area contributed by atoms with Crippen molar-refractivity contribution in [1.29, 1.82) is 0 Å². The van der Waals surface area contributed by atoms with Gasteiger partial charge in [-0.1, -0.05) is 54.9 Å². The van der Waals surface area contributed by atoms with Gasteiger partial charge in [0.05, 0.1) is 18.5 Å². The van der Waals surface area contributed by atoms with Crippen molar-refractivity contribution in [3.05, 3.63) is 112 Å². The maximum Gasteiger partial charge on any atom is 0.238 e. The number of benzene rings is 2. The van der Waals surface area contributed by atoms with E-state index in [1.54, 1.807) is 18.3 Å². The predicted molar refractivity (Wildman–Crippen MR) is 186 cm³/mol. The van der Waals surface area contributed by atoms with Gasteiger partial charge in [-0.25, -0.2) is 13.2 Å². The maximum atomic E-state index is 14.6. The Kier molecular flexibility index (Phi) is 12.1. The molecule has 1 unspecified atom stereocenters. The van der Waals surface area contributed by atoms with E-state index in [0.717, 1.165) is 72.3 Å². The Bertz CT molecular complexity index is 1630. The smallest absolute Gasteiger partial charge is 0.238 e. The minimum Gasteiger partial charge on any atom is -0.494 e. The number of carbonyl (C=O) groups excluding carboxylic acids is 1. The third-order valence-electron chi connectivity index (χ3n) is 9.22. The van der Waals surface area contributed by atoms with Crippen LogP contribution in [0.4, 0.5) is 18.9 Å². The molecule has 47 heavy (non-hydrogen) atoms. The lowest BCUT2D eigenvalue weighted by Crippen LogP contribution is -2.15. The zero-order chi connectivity index (χ0) is 33.2. The highest BCUT2D eigenvalue weighted by Crippen LogP contribution is 2.35. The van der Waals surface area contributed by atoms with Crippen molar-refractivity contribution < 1.29 is 22.7 Å². The van der Waals surface area contributed by atoms with Crippen molar-refractivity contribution >= 4 is 22.8 Å². The minimum atomic E-state index is -2.43. The van der Waals surface area contributed by atoms with Gasteiger partial charge < -0.3 is 10.1 Å². The Labute approximate surface area is 276 Å². The Balaban J connectivity index is 1.28. The number of hydrogen-bond acceptors (Lipinski definition) is 4. The minimum absolute atomic E-state index is 0.0926. The molecule has 2 aliphatic carbocycles. The normalized spacial score (nSPS) is 21.4. The molecule has 1 aliphatic heterocycles. The number of nitrogens with one attached hydrogen (secondary N) is 1. The lowest BCUT2D eigenvalue weighted by molar-refractivity contribution is 0.0878. The van der Waals surface area contributed by atoms with Gasteiger partial charge in [0.25, 0.3) is 0 Å². The van der Waals surface area contributed by atoms with Gasteiger partial charge in [-0.15, -0.1) is 0 Å². The van der Waals surface area contributed by atoms with E-state index in [1.165, 1.54) is 38.0 Å². The van der Waals surface area contributed by atoms with Crippen molar-refractivity contribution in [2.24, 2.45) is 10.9 Å². The number of ether oxygens (including phenoxy) is 1. The summed E-state index contributed by atoms with van der Waals surface area (Å²) in [5.74, 6) is -0.700. The summed E-state index contributed by atoms with van der Waals surface area (Å²) >= 11 is 0. The molecule has 1 N–H and O–H groups in total. The largest absolute Gasteiger partial charge is 0.494 e. The molecule has 248 valence electrons. The van der Waals surface area contributed by atoms with Crippen LogP contribution in [0.5, 0.6) is 5.75 Å². The summed E-state index contributed by atoms with van der Waals surface area (Å²) in [5.41, 5.74) is 7.46. The van der Waals surface area contributed by atoms with Crippen molar-refractivity contribution in [2.75, 3.05) is 12.4 Å². The molecule has 0 amide bonds. The van der Waals surface area contributed by atoms with E-state index in [9.17, 15) is 18.0 Å². The van der Waals surface area contributed by atoms with Crippen molar-refractivity contribution in [2.45, 2.75) is 90.4 Å². The molecule has 0 bridgehead atoms. The second-order valence-corrected chi connectivity index (χ2v) is 12.7. The van der Waals surface area contributed by atoms with Crippen molar-refractivity contribution in [1.82, 2.24) is 0 Å². The summed E-state index contributed by atoms with van der Waals surface area (Å²) in [5, 5.41) is 3.51. The van der Waals surface area contributed by atoms with Gasteiger partial charge in [-0.05, 0) is 106 Å². The number of ketones is 1. The molecule has 7 heteroatoms. The highest BCUT2D eigenvalue weighted by Gasteiger charge is 2.25. The van der Waals surface area contributed by atoms with Crippen LogP contribution in [0.1, 0.15) is 98.5 Å². The Morgan fingerprint density at radius 1 is 1.00 bits per heavy atom. The van der Waals surface area contributed by atoms with Crippen LogP contribution >= 0.6 is 0 Å². The lowest BCUT2D eigenvalue weighted by Gasteiger charge is -2.19. The van der Waals surface area contributed by atoms with E-state index in [2.05, 4.69) is 23.5 Å². The fourth-order valence-corrected chi connectivity index (χ4v) is 6.65. The SMILES string of the molecule is COc1ccc(C2=CN=C3/C2=C\C=C/CC/C=C\3Nc2ccc(C(=O)CC(CC/C3=C/CCCCCC3)CC(F)F)c(C)c2)cc1F. The summed E-state index contributed by atoms with van der Waals surface area (Å²) in [6.45, 7) is 1.89. The first kappa shape index (κ1) is 34.2. The number of aryl methyl sites for hydroxylation is 1. The van der Waals surface area contributed by atoms with Gasteiger partial charge in [0.1, 0.15) is 0 Å². The lowest BCUT2D eigenvalue weighted by atomic mass is 9.87. The number of fused-ring (bicyclic) bond motifs is 1. The number of methoxy groups -OCH3 is 1. The standard InChI is InChI=1S/C40H45F3N2O2/c1-27-22-31(19-20-32(27)37(46)23-29(24-39(42)43)17-16-28-12-8-4-3-5-9-13-28)45-36-15-11-7-6-10-14-33-34(26-44-40(33)36)30-18-21-38(47-2)35(41)25-30/h6,10,12,14-15,18-22,25-26,29,39,45H,3-5,7-9,11,13,16-17,23-24H2,1-2H3/b10-6-,28-12+,33-14-,36-15+. The average Bonchev–Trinajstić information content (AvgIpc) is 3.47. The van der Waals surface area contributed by atoms with Gasteiger partial charge in [-0.3, -0.25) is 9.79 Å². The molecule has 0 saturated carbocycles. The first-order valence-electron chi connectivity index (χ1n) is 16.9. The van der Waals surface area contributed by atoms with Crippen molar-refractivity contribution in [3.8, 4) is 5.75 Å². The van der Waals surface area contributed by atoms with Crippen LogP contribution in [0.3, 0.4) is 0 Å². The van der Waals surface area contributed by atoms with Crippen LogP contribution in [-0.4, -0.2) is 25.0 Å². The number of Topliss-reactive ketones (excluding diaryl/α,β-unsaturated/α-hetero) is 1. The van der Waals surface area contributed by atoms with E-state index in [1.807, 2.05) is 37.3 Å². The molecule has 0 spiro atoms. The number of rotatable bonds is 12. The molecular formula is C40H45F3N2O2. The van der Waals surface area contributed by atoms with Crippen LogP contribution in [0, 0.1) is 18.7 Å². The predicted octanol–water partition coefficient (Wildman–Crippen LogP) is 11.1. The second kappa shape index (κ2) is 16.6. The van der Waals surface area contributed by atoms with E-state index in [-0.39, 0.29) is 30.3 Å². The molecule has 1 heterocycles. The zero-order valence-corrected chi connectivity index (χ0v) is 27.5. The van der Waals surface area contributed by atoms with Gasteiger partial charge in [0, 0.05) is 41.4 Å². The Morgan fingerprint density at radius 3 is 2.64 bits per heavy atom. The number of aliphatic imine (C=N–C) groups is 1. The molecule has 2 aromatic rings. The quantitative estimate of drug-likeness (QED) is 0.185. The molecule has 0 aromatic heterocycles. The third-order valence-corrected chi connectivity index (χ3v) is 9.22. The summed E-state index contributed by atoms with van der Waals surface area (Å²) in [4.78, 5) is 18.2. The van der Waals surface area contributed by atoms with E-state index >= 15 is 0 Å². The molecule has 0 radical (unpaired) electrons. The maximum absolute atomic E-state index is 14.6. The molecule has 3 aliphatic rings. The number of alkyl halides is 2. The Morgan fingerprint density at radius 2 is 1.85 bits per heavy atom. The average molecular weight is 643 g/mol. The van der Waals surface area contributed by atoms with Gasteiger partial charge in [0.15, 0.2) is 17.3 Å². The number of allylic oxidation sites excluding steroid dienone is 8. The molecule has 1 atom stereocenters.